The Bertz CT molecular complexity index is 618. The highest BCUT2D eigenvalue weighted by Crippen LogP contribution is 2.33. The van der Waals surface area contributed by atoms with Gasteiger partial charge in [-0.2, -0.15) is 0 Å². The number of carboxylic acid groups (broad SMARTS) is 1. The Hall–Kier alpha value is -2.18. The topological polar surface area (TPSA) is 75.6 Å². The molecule has 0 radical (unpaired) electrons. The van der Waals surface area contributed by atoms with E-state index in [4.69, 9.17) is 9.84 Å². The van der Waals surface area contributed by atoms with E-state index in [1.165, 1.54) is 6.07 Å². The van der Waals surface area contributed by atoms with Crippen molar-refractivity contribution in [1.82, 2.24) is 5.32 Å². The molecule has 1 aromatic rings. The van der Waals surface area contributed by atoms with Gasteiger partial charge in [-0.1, -0.05) is 19.9 Å². The van der Waals surface area contributed by atoms with E-state index in [-0.39, 0.29) is 18.4 Å². The van der Waals surface area contributed by atoms with Gasteiger partial charge in [0.05, 0.1) is 0 Å². The van der Waals surface area contributed by atoms with Crippen LogP contribution in [0, 0.1) is 11.6 Å². The quantitative estimate of drug-likeness (QED) is 0.807. The molecular formula is C18H25F2NO4. The first-order valence-corrected chi connectivity index (χ1v) is 8.00. The highest BCUT2D eigenvalue weighted by Gasteiger charge is 2.37. The minimum Gasteiger partial charge on any atom is -0.481 e. The summed E-state index contributed by atoms with van der Waals surface area (Å²) >= 11 is 0. The third-order valence-corrected chi connectivity index (χ3v) is 3.82. The third kappa shape index (κ3) is 5.99. The molecule has 0 spiro atoms. The Balaban J connectivity index is 3.16. The van der Waals surface area contributed by atoms with Crippen molar-refractivity contribution in [3.8, 4) is 0 Å². The van der Waals surface area contributed by atoms with Gasteiger partial charge in [0.1, 0.15) is 17.2 Å². The van der Waals surface area contributed by atoms with Gasteiger partial charge in [0, 0.05) is 23.4 Å². The highest BCUT2D eigenvalue weighted by atomic mass is 19.1. The lowest BCUT2D eigenvalue weighted by atomic mass is 9.75. The summed E-state index contributed by atoms with van der Waals surface area (Å²) in [5.41, 5.74) is -2.15. The predicted molar refractivity (Wildman–Crippen MR) is 89.4 cm³/mol. The molecule has 2 N–H and O–H groups in total. The first-order chi connectivity index (χ1) is 11.3. The molecule has 0 saturated heterocycles. The highest BCUT2D eigenvalue weighted by molar-refractivity contribution is 5.69. The zero-order valence-corrected chi connectivity index (χ0v) is 15.2. The van der Waals surface area contributed by atoms with Crippen LogP contribution in [0.2, 0.25) is 0 Å². The Morgan fingerprint density at radius 2 is 1.68 bits per heavy atom. The van der Waals surface area contributed by atoms with E-state index in [0.717, 1.165) is 12.1 Å². The number of hydrogen-bond acceptors (Lipinski definition) is 3. The van der Waals surface area contributed by atoms with E-state index < -0.39 is 40.8 Å². The molecule has 1 atom stereocenters. The fourth-order valence-corrected chi connectivity index (χ4v) is 2.62. The van der Waals surface area contributed by atoms with Crippen LogP contribution in [0.25, 0.3) is 0 Å². The summed E-state index contributed by atoms with van der Waals surface area (Å²) in [6.45, 7) is 8.15. The summed E-state index contributed by atoms with van der Waals surface area (Å²) < 4.78 is 33.6. The smallest absolute Gasteiger partial charge is 0.407 e. The lowest BCUT2D eigenvalue weighted by Gasteiger charge is -2.36. The van der Waals surface area contributed by atoms with E-state index in [9.17, 15) is 18.4 Å². The molecule has 1 unspecified atom stereocenters. The van der Waals surface area contributed by atoms with Crippen molar-refractivity contribution in [3.05, 3.63) is 35.4 Å². The van der Waals surface area contributed by atoms with Crippen LogP contribution in [-0.4, -0.2) is 28.8 Å². The van der Waals surface area contributed by atoms with E-state index in [1.807, 2.05) is 0 Å². The number of carbonyl (C=O) groups excluding carboxylic acids is 1. The molecule has 1 rings (SSSR count). The second kappa shape index (κ2) is 7.80. The number of alkyl carbamates (subject to hydrolysis) is 1. The number of benzene rings is 1. The van der Waals surface area contributed by atoms with Crippen LogP contribution >= 0.6 is 0 Å². The third-order valence-electron chi connectivity index (χ3n) is 3.82. The zero-order valence-electron chi connectivity index (χ0n) is 15.2. The molecule has 0 bridgehead atoms. The Morgan fingerprint density at radius 1 is 1.16 bits per heavy atom. The second-order valence-corrected chi connectivity index (χ2v) is 7.45. The SMILES string of the molecule is CC(C)(C)OC(=O)NC(CCC(=O)O)C(C)(C)c1c(F)cccc1F. The largest absolute Gasteiger partial charge is 0.481 e. The molecule has 1 amide bonds. The molecule has 0 heterocycles. The standard InChI is InChI=1S/C18H25F2NO4/c1-17(2,3)25-16(24)21-13(9-10-14(22)23)18(4,5)15-11(19)7-6-8-12(15)20/h6-8,13H,9-10H2,1-5H3,(H,21,24)(H,22,23). The van der Waals surface area contributed by atoms with Crippen molar-refractivity contribution < 1.29 is 28.2 Å². The summed E-state index contributed by atoms with van der Waals surface area (Å²) in [6, 6.07) is 2.66. The number of hydrogen-bond donors (Lipinski definition) is 2. The molecule has 0 aliphatic heterocycles. The monoisotopic (exact) mass is 357 g/mol. The van der Waals surface area contributed by atoms with Crippen molar-refractivity contribution in [3.63, 3.8) is 0 Å². The number of rotatable bonds is 6. The number of halogens is 2. The molecule has 140 valence electrons. The zero-order chi connectivity index (χ0) is 19.4. The van der Waals surface area contributed by atoms with Crippen molar-refractivity contribution in [2.75, 3.05) is 0 Å². The van der Waals surface area contributed by atoms with Crippen LogP contribution < -0.4 is 5.32 Å². The minimum absolute atomic E-state index is 0.00461. The van der Waals surface area contributed by atoms with Crippen LogP contribution in [0.15, 0.2) is 18.2 Å². The maximum absolute atomic E-state index is 14.2. The van der Waals surface area contributed by atoms with Gasteiger partial charge in [-0.05, 0) is 39.3 Å². The van der Waals surface area contributed by atoms with Crippen LogP contribution in [0.1, 0.15) is 53.0 Å². The number of nitrogens with one attached hydrogen (secondary N) is 1. The van der Waals surface area contributed by atoms with Crippen LogP contribution in [0.3, 0.4) is 0 Å². The van der Waals surface area contributed by atoms with Crippen molar-refractivity contribution in [2.45, 2.75) is 64.5 Å². The molecule has 25 heavy (non-hydrogen) atoms. The average Bonchev–Trinajstić information content (AvgIpc) is 2.40. The van der Waals surface area contributed by atoms with Crippen LogP contribution in [0.4, 0.5) is 13.6 Å². The molecular weight excluding hydrogens is 332 g/mol. The van der Waals surface area contributed by atoms with Gasteiger partial charge >= 0.3 is 12.1 Å². The molecule has 5 nitrogen and oxygen atoms in total. The Labute approximate surface area is 146 Å². The average molecular weight is 357 g/mol. The summed E-state index contributed by atoms with van der Waals surface area (Å²) in [6.07, 6.45) is -1.04. The normalized spacial score (nSPS) is 13.2. The summed E-state index contributed by atoms with van der Waals surface area (Å²) in [7, 11) is 0. The van der Waals surface area contributed by atoms with Crippen LogP contribution in [0.5, 0.6) is 0 Å². The first kappa shape index (κ1) is 20.9. The predicted octanol–water partition coefficient (Wildman–Crippen LogP) is 4.00. The molecule has 0 aromatic heterocycles. The molecule has 7 heteroatoms. The Kier molecular flexibility index (Phi) is 6.51. The van der Waals surface area contributed by atoms with Crippen molar-refractivity contribution >= 4 is 12.1 Å². The fraction of sp³-hybridized carbons (Fsp3) is 0.556. The van der Waals surface area contributed by atoms with Crippen LogP contribution in [-0.2, 0) is 14.9 Å². The van der Waals surface area contributed by atoms with E-state index in [2.05, 4.69) is 5.32 Å². The minimum atomic E-state index is -1.19. The number of carboxylic acids is 1. The summed E-state index contributed by atoms with van der Waals surface area (Å²) in [5, 5.41) is 11.5. The molecule has 0 fully saturated rings. The van der Waals surface area contributed by atoms with Gasteiger partial charge in [-0.3, -0.25) is 4.79 Å². The van der Waals surface area contributed by atoms with Crippen molar-refractivity contribution in [2.24, 2.45) is 0 Å². The van der Waals surface area contributed by atoms with Gasteiger partial charge in [-0.25, -0.2) is 13.6 Å². The number of amides is 1. The lowest BCUT2D eigenvalue weighted by Crippen LogP contribution is -2.49. The lowest BCUT2D eigenvalue weighted by molar-refractivity contribution is -0.137. The van der Waals surface area contributed by atoms with E-state index in [0.29, 0.717) is 0 Å². The first-order valence-electron chi connectivity index (χ1n) is 8.00. The molecule has 0 saturated carbocycles. The number of ether oxygens (including phenoxy) is 1. The molecule has 1 aromatic carbocycles. The molecule has 0 aliphatic rings. The molecule has 0 aliphatic carbocycles. The second-order valence-electron chi connectivity index (χ2n) is 7.45. The number of aliphatic carboxylic acids is 1. The maximum Gasteiger partial charge on any atom is 0.407 e. The van der Waals surface area contributed by atoms with Gasteiger partial charge in [0.25, 0.3) is 0 Å². The maximum atomic E-state index is 14.2. The Morgan fingerprint density at radius 3 is 2.12 bits per heavy atom. The van der Waals surface area contributed by atoms with Crippen molar-refractivity contribution in [1.29, 1.82) is 0 Å². The fourth-order valence-electron chi connectivity index (χ4n) is 2.62. The van der Waals surface area contributed by atoms with E-state index >= 15 is 0 Å². The van der Waals surface area contributed by atoms with Gasteiger partial charge in [0.15, 0.2) is 0 Å². The van der Waals surface area contributed by atoms with Gasteiger partial charge in [-0.15, -0.1) is 0 Å². The van der Waals surface area contributed by atoms with E-state index in [1.54, 1.807) is 34.6 Å². The summed E-state index contributed by atoms with van der Waals surface area (Å²) in [5.74, 6) is -2.58. The van der Waals surface area contributed by atoms with Gasteiger partial charge in [0.2, 0.25) is 0 Å². The number of carbonyl (C=O) groups is 2. The summed E-state index contributed by atoms with van der Waals surface area (Å²) in [4.78, 5) is 23.0. The van der Waals surface area contributed by atoms with Gasteiger partial charge < -0.3 is 15.2 Å².